The molecule has 130 valence electrons. The first-order valence-electron chi connectivity index (χ1n) is 7.89. The van der Waals surface area contributed by atoms with E-state index in [4.69, 9.17) is 4.74 Å². The van der Waals surface area contributed by atoms with Gasteiger partial charge in [0.05, 0.1) is 12.4 Å². The molecule has 0 heterocycles. The molecule has 1 rings (SSSR count). The van der Waals surface area contributed by atoms with Gasteiger partial charge in [0.2, 0.25) is 15.9 Å². The molecule has 1 aromatic carbocycles. The fourth-order valence-electron chi connectivity index (χ4n) is 1.87. The standard InChI is InChI=1S/C16H26N2O4S/c1-2-23(20,21)18-12-11-17-16(19)9-6-13-22-14-10-15-7-4-3-5-8-15/h3-5,7-8,18H,2,6,9-14H2,1H3,(H,17,19). The molecule has 0 saturated carbocycles. The highest BCUT2D eigenvalue weighted by Gasteiger charge is 2.05. The molecule has 2 N–H and O–H groups in total. The number of benzene rings is 1. The summed E-state index contributed by atoms with van der Waals surface area (Å²) < 4.78 is 30.3. The number of nitrogens with one attached hydrogen (secondary N) is 2. The van der Waals surface area contributed by atoms with Gasteiger partial charge in [0, 0.05) is 26.1 Å². The first-order chi connectivity index (χ1) is 11.0. The Bertz CT molecular complexity index is 546. The van der Waals surface area contributed by atoms with Crippen LogP contribution in [-0.4, -0.2) is 46.4 Å². The van der Waals surface area contributed by atoms with Crippen molar-refractivity contribution in [2.24, 2.45) is 0 Å². The molecular formula is C16H26N2O4S. The molecule has 0 spiro atoms. The highest BCUT2D eigenvalue weighted by molar-refractivity contribution is 7.89. The molecule has 0 aromatic heterocycles. The topological polar surface area (TPSA) is 84.5 Å². The minimum absolute atomic E-state index is 0.0429. The summed E-state index contributed by atoms with van der Waals surface area (Å²) in [6.07, 6.45) is 1.90. The predicted octanol–water partition coefficient (Wildman–Crippen LogP) is 1.08. The number of sulfonamides is 1. The molecular weight excluding hydrogens is 316 g/mol. The van der Waals surface area contributed by atoms with Crippen LogP contribution in [0.2, 0.25) is 0 Å². The van der Waals surface area contributed by atoms with Crippen LogP contribution in [0, 0.1) is 0 Å². The Morgan fingerprint density at radius 3 is 2.57 bits per heavy atom. The third-order valence-electron chi connectivity index (χ3n) is 3.22. The van der Waals surface area contributed by atoms with Gasteiger partial charge in [0.15, 0.2) is 0 Å². The summed E-state index contributed by atoms with van der Waals surface area (Å²) in [6, 6.07) is 10.1. The van der Waals surface area contributed by atoms with E-state index in [9.17, 15) is 13.2 Å². The van der Waals surface area contributed by atoms with Gasteiger partial charge < -0.3 is 10.1 Å². The van der Waals surface area contributed by atoms with Gasteiger partial charge in [0.1, 0.15) is 0 Å². The van der Waals surface area contributed by atoms with Crippen LogP contribution < -0.4 is 10.0 Å². The average Bonchev–Trinajstić information content (AvgIpc) is 2.56. The third kappa shape index (κ3) is 10.0. The summed E-state index contributed by atoms with van der Waals surface area (Å²) >= 11 is 0. The lowest BCUT2D eigenvalue weighted by atomic mass is 10.2. The van der Waals surface area contributed by atoms with E-state index in [0.717, 1.165) is 6.42 Å². The van der Waals surface area contributed by atoms with E-state index >= 15 is 0 Å². The molecule has 23 heavy (non-hydrogen) atoms. The van der Waals surface area contributed by atoms with E-state index in [-0.39, 0.29) is 18.2 Å². The number of carbonyl (C=O) groups excluding carboxylic acids is 1. The zero-order valence-electron chi connectivity index (χ0n) is 13.6. The Hall–Kier alpha value is -1.44. The third-order valence-corrected chi connectivity index (χ3v) is 4.62. The normalized spacial score (nSPS) is 11.3. The maximum atomic E-state index is 11.5. The maximum absolute atomic E-state index is 11.5. The van der Waals surface area contributed by atoms with Crippen molar-refractivity contribution in [2.45, 2.75) is 26.2 Å². The fraction of sp³-hybridized carbons (Fsp3) is 0.562. The van der Waals surface area contributed by atoms with Gasteiger partial charge in [-0.2, -0.15) is 0 Å². The van der Waals surface area contributed by atoms with Crippen molar-refractivity contribution in [3.8, 4) is 0 Å². The lowest BCUT2D eigenvalue weighted by Gasteiger charge is -2.07. The van der Waals surface area contributed by atoms with Crippen molar-refractivity contribution in [3.05, 3.63) is 35.9 Å². The number of hydrogen-bond donors (Lipinski definition) is 2. The quantitative estimate of drug-likeness (QED) is 0.557. The van der Waals surface area contributed by atoms with Crippen LogP contribution in [-0.2, 0) is 26.0 Å². The molecule has 0 atom stereocenters. The van der Waals surface area contributed by atoms with Crippen molar-refractivity contribution in [2.75, 3.05) is 32.1 Å². The van der Waals surface area contributed by atoms with Crippen LogP contribution >= 0.6 is 0 Å². The molecule has 0 aliphatic carbocycles. The maximum Gasteiger partial charge on any atom is 0.220 e. The minimum atomic E-state index is -3.19. The number of hydrogen-bond acceptors (Lipinski definition) is 4. The summed E-state index contributed by atoms with van der Waals surface area (Å²) in [7, 11) is -3.19. The molecule has 1 aromatic rings. The Morgan fingerprint density at radius 2 is 1.87 bits per heavy atom. The average molecular weight is 342 g/mol. The van der Waals surface area contributed by atoms with Gasteiger partial charge in [-0.3, -0.25) is 4.79 Å². The van der Waals surface area contributed by atoms with E-state index in [0.29, 0.717) is 32.6 Å². The lowest BCUT2D eigenvalue weighted by molar-refractivity contribution is -0.121. The zero-order chi connectivity index (χ0) is 17.0. The van der Waals surface area contributed by atoms with Crippen LogP contribution in [0.4, 0.5) is 0 Å². The van der Waals surface area contributed by atoms with Crippen molar-refractivity contribution in [3.63, 3.8) is 0 Å². The van der Waals surface area contributed by atoms with E-state index in [1.165, 1.54) is 5.56 Å². The highest BCUT2D eigenvalue weighted by Crippen LogP contribution is 2.00. The molecule has 0 radical (unpaired) electrons. The minimum Gasteiger partial charge on any atom is -0.381 e. The second-order valence-electron chi connectivity index (χ2n) is 5.10. The molecule has 0 unspecified atom stereocenters. The molecule has 0 bridgehead atoms. The number of rotatable bonds is 12. The van der Waals surface area contributed by atoms with E-state index in [1.807, 2.05) is 18.2 Å². The van der Waals surface area contributed by atoms with E-state index < -0.39 is 10.0 Å². The molecule has 0 saturated heterocycles. The lowest BCUT2D eigenvalue weighted by Crippen LogP contribution is -2.35. The highest BCUT2D eigenvalue weighted by atomic mass is 32.2. The van der Waals surface area contributed by atoms with Crippen LogP contribution in [0.1, 0.15) is 25.3 Å². The molecule has 0 aliphatic heterocycles. The van der Waals surface area contributed by atoms with Gasteiger partial charge >= 0.3 is 0 Å². The Morgan fingerprint density at radius 1 is 1.13 bits per heavy atom. The number of amides is 1. The van der Waals surface area contributed by atoms with Crippen molar-refractivity contribution in [1.29, 1.82) is 0 Å². The van der Waals surface area contributed by atoms with Gasteiger partial charge in [-0.25, -0.2) is 13.1 Å². The fourth-order valence-corrected chi connectivity index (χ4v) is 2.49. The number of ether oxygens (including phenoxy) is 1. The van der Waals surface area contributed by atoms with Crippen molar-refractivity contribution in [1.82, 2.24) is 10.0 Å². The summed E-state index contributed by atoms with van der Waals surface area (Å²) in [5.41, 5.74) is 1.24. The van der Waals surface area contributed by atoms with Gasteiger partial charge in [-0.15, -0.1) is 0 Å². The van der Waals surface area contributed by atoms with Crippen molar-refractivity contribution < 1.29 is 17.9 Å². The van der Waals surface area contributed by atoms with Gasteiger partial charge in [-0.1, -0.05) is 30.3 Å². The van der Waals surface area contributed by atoms with Crippen molar-refractivity contribution >= 4 is 15.9 Å². The molecule has 1 amide bonds. The molecule has 0 aliphatic rings. The van der Waals surface area contributed by atoms with Crippen LogP contribution in [0.15, 0.2) is 30.3 Å². The largest absolute Gasteiger partial charge is 0.381 e. The molecule has 0 fully saturated rings. The molecule has 7 heteroatoms. The SMILES string of the molecule is CCS(=O)(=O)NCCNC(=O)CCCOCCc1ccccc1. The van der Waals surface area contributed by atoms with Gasteiger partial charge in [0.25, 0.3) is 0 Å². The Kier molecular flexibility index (Phi) is 9.51. The van der Waals surface area contributed by atoms with Gasteiger partial charge in [-0.05, 0) is 25.3 Å². The first kappa shape index (κ1) is 19.6. The summed E-state index contributed by atoms with van der Waals surface area (Å²) in [5.74, 6) is -0.0475. The Labute approximate surface area is 138 Å². The van der Waals surface area contributed by atoms with Crippen LogP contribution in [0.25, 0.3) is 0 Å². The second kappa shape index (κ2) is 11.2. The summed E-state index contributed by atoms with van der Waals surface area (Å²) in [4.78, 5) is 11.5. The predicted molar refractivity (Wildman–Crippen MR) is 90.7 cm³/mol. The van der Waals surface area contributed by atoms with E-state index in [1.54, 1.807) is 6.92 Å². The van der Waals surface area contributed by atoms with E-state index in [2.05, 4.69) is 22.2 Å². The van der Waals surface area contributed by atoms with Crippen LogP contribution in [0.3, 0.4) is 0 Å². The monoisotopic (exact) mass is 342 g/mol. The van der Waals surface area contributed by atoms with Crippen LogP contribution in [0.5, 0.6) is 0 Å². The number of carbonyl (C=O) groups is 1. The summed E-state index contributed by atoms with van der Waals surface area (Å²) in [6.45, 7) is 3.27. The molecule has 6 nitrogen and oxygen atoms in total. The second-order valence-corrected chi connectivity index (χ2v) is 7.19. The smallest absolute Gasteiger partial charge is 0.220 e. The zero-order valence-corrected chi connectivity index (χ0v) is 14.4. The first-order valence-corrected chi connectivity index (χ1v) is 9.54. The Balaban J connectivity index is 1.96. The summed E-state index contributed by atoms with van der Waals surface area (Å²) in [5, 5.41) is 2.67.